The van der Waals surface area contributed by atoms with Gasteiger partial charge in [0.2, 0.25) is 0 Å². The third-order valence-corrected chi connectivity index (χ3v) is 2.89. The minimum Gasteiger partial charge on any atom is -0.466 e. The van der Waals surface area contributed by atoms with Crippen LogP contribution in [0, 0.1) is 20.8 Å². The van der Waals surface area contributed by atoms with Gasteiger partial charge in [0.25, 0.3) is 0 Å². The van der Waals surface area contributed by atoms with Gasteiger partial charge in [-0.2, -0.15) is 0 Å². The molecule has 1 N–H and O–H groups in total. The standard InChI is InChI=1S/C12H21NO/c1-6-7-11(13-5)12-8(2)9(3)14-10(12)4/h11,13H,6-7H2,1-5H3. The van der Waals surface area contributed by atoms with Crippen LogP contribution in [0.5, 0.6) is 0 Å². The van der Waals surface area contributed by atoms with Gasteiger partial charge in [0.15, 0.2) is 0 Å². The van der Waals surface area contributed by atoms with Crippen LogP contribution in [0.4, 0.5) is 0 Å². The molecule has 0 aromatic carbocycles. The molecule has 2 nitrogen and oxygen atoms in total. The molecule has 1 aromatic rings. The lowest BCUT2D eigenvalue weighted by Gasteiger charge is -2.15. The summed E-state index contributed by atoms with van der Waals surface area (Å²) in [6, 6.07) is 0.442. The minimum absolute atomic E-state index is 0.442. The molecule has 0 spiro atoms. The van der Waals surface area contributed by atoms with Crippen LogP contribution in [-0.4, -0.2) is 7.05 Å². The first-order valence-electron chi connectivity index (χ1n) is 5.35. The molecule has 14 heavy (non-hydrogen) atoms. The molecule has 1 atom stereocenters. The molecule has 1 heterocycles. The molecule has 0 saturated carbocycles. The van der Waals surface area contributed by atoms with Gasteiger partial charge in [0, 0.05) is 11.6 Å². The van der Waals surface area contributed by atoms with Gasteiger partial charge in [0.05, 0.1) is 0 Å². The van der Waals surface area contributed by atoms with E-state index in [9.17, 15) is 0 Å². The number of hydrogen-bond acceptors (Lipinski definition) is 2. The highest BCUT2D eigenvalue weighted by Gasteiger charge is 2.18. The van der Waals surface area contributed by atoms with Gasteiger partial charge in [-0.25, -0.2) is 0 Å². The Bertz CT molecular complexity index is 302. The minimum atomic E-state index is 0.442. The molecule has 2 heteroatoms. The van der Waals surface area contributed by atoms with Crippen LogP contribution >= 0.6 is 0 Å². The quantitative estimate of drug-likeness (QED) is 0.797. The fraction of sp³-hybridized carbons (Fsp3) is 0.667. The fourth-order valence-corrected chi connectivity index (χ4v) is 2.04. The summed E-state index contributed by atoms with van der Waals surface area (Å²) in [6.07, 6.45) is 2.35. The molecule has 0 aliphatic carbocycles. The molecule has 1 rings (SSSR count). The lowest BCUT2D eigenvalue weighted by molar-refractivity contribution is 0.482. The average molecular weight is 195 g/mol. The molecular formula is C12H21NO. The van der Waals surface area contributed by atoms with E-state index in [1.54, 1.807) is 0 Å². The second-order valence-corrected chi connectivity index (χ2v) is 3.88. The van der Waals surface area contributed by atoms with E-state index >= 15 is 0 Å². The van der Waals surface area contributed by atoms with Crippen molar-refractivity contribution in [3.05, 3.63) is 22.6 Å². The predicted molar refractivity (Wildman–Crippen MR) is 59.6 cm³/mol. The molecule has 0 saturated heterocycles. The zero-order valence-electron chi connectivity index (χ0n) is 9.90. The number of hydrogen-bond donors (Lipinski definition) is 1. The molecule has 0 bridgehead atoms. The van der Waals surface area contributed by atoms with Crippen molar-refractivity contribution in [2.24, 2.45) is 0 Å². The molecule has 1 unspecified atom stereocenters. The van der Waals surface area contributed by atoms with Crippen LogP contribution in [0.25, 0.3) is 0 Å². The van der Waals surface area contributed by atoms with E-state index in [1.165, 1.54) is 17.5 Å². The Morgan fingerprint density at radius 1 is 1.21 bits per heavy atom. The van der Waals surface area contributed by atoms with Gasteiger partial charge in [-0.1, -0.05) is 13.3 Å². The number of nitrogens with one attached hydrogen (secondary N) is 1. The largest absolute Gasteiger partial charge is 0.466 e. The highest BCUT2D eigenvalue weighted by atomic mass is 16.3. The fourth-order valence-electron chi connectivity index (χ4n) is 2.04. The zero-order valence-corrected chi connectivity index (χ0v) is 9.90. The first-order valence-corrected chi connectivity index (χ1v) is 5.35. The van der Waals surface area contributed by atoms with Crippen LogP contribution in [-0.2, 0) is 0 Å². The number of rotatable bonds is 4. The van der Waals surface area contributed by atoms with E-state index in [0.717, 1.165) is 17.9 Å². The lowest BCUT2D eigenvalue weighted by atomic mass is 9.99. The molecule has 0 amide bonds. The summed E-state index contributed by atoms with van der Waals surface area (Å²) >= 11 is 0. The summed E-state index contributed by atoms with van der Waals surface area (Å²) in [6.45, 7) is 8.43. The summed E-state index contributed by atoms with van der Waals surface area (Å²) in [7, 11) is 2.02. The summed E-state index contributed by atoms with van der Waals surface area (Å²) in [4.78, 5) is 0. The van der Waals surface area contributed by atoms with Crippen molar-refractivity contribution in [1.82, 2.24) is 5.32 Å². The third-order valence-electron chi connectivity index (χ3n) is 2.89. The van der Waals surface area contributed by atoms with Crippen LogP contribution < -0.4 is 5.32 Å². The van der Waals surface area contributed by atoms with E-state index in [4.69, 9.17) is 4.42 Å². The highest BCUT2D eigenvalue weighted by molar-refractivity contribution is 5.34. The first-order chi connectivity index (χ1) is 6.61. The van der Waals surface area contributed by atoms with Crippen molar-refractivity contribution in [2.75, 3.05) is 7.05 Å². The molecule has 0 aliphatic rings. The van der Waals surface area contributed by atoms with Crippen molar-refractivity contribution in [2.45, 2.75) is 46.6 Å². The van der Waals surface area contributed by atoms with E-state index in [0.29, 0.717) is 6.04 Å². The monoisotopic (exact) mass is 195 g/mol. The summed E-state index contributed by atoms with van der Waals surface area (Å²) < 4.78 is 5.63. The smallest absolute Gasteiger partial charge is 0.106 e. The van der Waals surface area contributed by atoms with Crippen molar-refractivity contribution in [3.8, 4) is 0 Å². The summed E-state index contributed by atoms with van der Waals surface area (Å²) in [5, 5.41) is 3.35. The summed E-state index contributed by atoms with van der Waals surface area (Å²) in [5.41, 5.74) is 2.65. The maximum Gasteiger partial charge on any atom is 0.106 e. The van der Waals surface area contributed by atoms with Crippen LogP contribution in [0.15, 0.2) is 4.42 Å². The van der Waals surface area contributed by atoms with Crippen LogP contribution in [0.3, 0.4) is 0 Å². The van der Waals surface area contributed by atoms with E-state index in [2.05, 4.69) is 26.1 Å². The SMILES string of the molecule is CCCC(NC)c1c(C)oc(C)c1C. The predicted octanol–water partition coefficient (Wildman–Crippen LogP) is 3.27. The second kappa shape index (κ2) is 4.65. The normalized spacial score (nSPS) is 13.2. The molecule has 0 fully saturated rings. The molecule has 0 radical (unpaired) electrons. The van der Waals surface area contributed by atoms with Crippen molar-refractivity contribution in [1.29, 1.82) is 0 Å². The maximum atomic E-state index is 5.63. The van der Waals surface area contributed by atoms with Crippen LogP contribution in [0.1, 0.15) is 48.5 Å². The molecule has 80 valence electrons. The molecule has 0 aliphatic heterocycles. The molecular weight excluding hydrogens is 174 g/mol. The third kappa shape index (κ3) is 2.01. The van der Waals surface area contributed by atoms with Gasteiger partial charge >= 0.3 is 0 Å². The van der Waals surface area contributed by atoms with Gasteiger partial charge in [-0.05, 0) is 39.8 Å². The second-order valence-electron chi connectivity index (χ2n) is 3.88. The van der Waals surface area contributed by atoms with Gasteiger partial charge < -0.3 is 9.73 Å². The Balaban J connectivity index is 3.02. The Morgan fingerprint density at radius 2 is 1.86 bits per heavy atom. The van der Waals surface area contributed by atoms with E-state index in [1.807, 2.05) is 14.0 Å². The molecule has 1 aromatic heterocycles. The van der Waals surface area contributed by atoms with E-state index < -0.39 is 0 Å². The first kappa shape index (κ1) is 11.3. The van der Waals surface area contributed by atoms with Crippen molar-refractivity contribution >= 4 is 0 Å². The number of aryl methyl sites for hydroxylation is 2. The number of furan rings is 1. The van der Waals surface area contributed by atoms with E-state index in [-0.39, 0.29) is 0 Å². The van der Waals surface area contributed by atoms with Crippen molar-refractivity contribution in [3.63, 3.8) is 0 Å². The zero-order chi connectivity index (χ0) is 10.7. The Labute approximate surface area is 86.7 Å². The van der Waals surface area contributed by atoms with Crippen molar-refractivity contribution < 1.29 is 4.42 Å². The highest BCUT2D eigenvalue weighted by Crippen LogP contribution is 2.29. The average Bonchev–Trinajstić information content (AvgIpc) is 2.39. The lowest BCUT2D eigenvalue weighted by Crippen LogP contribution is -2.17. The Hall–Kier alpha value is -0.760. The van der Waals surface area contributed by atoms with Crippen LogP contribution in [0.2, 0.25) is 0 Å². The van der Waals surface area contributed by atoms with Gasteiger partial charge in [-0.15, -0.1) is 0 Å². The Morgan fingerprint density at radius 3 is 2.21 bits per heavy atom. The topological polar surface area (TPSA) is 25.2 Å². The van der Waals surface area contributed by atoms with Gasteiger partial charge in [0.1, 0.15) is 11.5 Å². The van der Waals surface area contributed by atoms with Gasteiger partial charge in [-0.3, -0.25) is 0 Å². The Kier molecular flexibility index (Phi) is 3.76. The summed E-state index contributed by atoms with van der Waals surface area (Å²) in [5.74, 6) is 2.11. The maximum absolute atomic E-state index is 5.63.